The smallest absolute Gasteiger partial charge is 0.312 e. The van der Waals surface area contributed by atoms with Gasteiger partial charge in [0.1, 0.15) is 11.6 Å². The van der Waals surface area contributed by atoms with Crippen molar-refractivity contribution in [3.05, 3.63) is 25.3 Å². The SMILES string of the molecule is C=CCCOC(=O)[C@H]1[C@H]2C(=O)N(CCCCCO)C(C(=O)N(CC=C)C(C)C)C23CC(Br)[C@@H]1O3. The van der Waals surface area contributed by atoms with E-state index in [1.54, 1.807) is 22.0 Å². The van der Waals surface area contributed by atoms with Crippen LogP contribution in [0.3, 0.4) is 0 Å². The van der Waals surface area contributed by atoms with Gasteiger partial charge in [0.15, 0.2) is 0 Å². The average Bonchev–Trinajstić information content (AvgIpc) is 3.38. The lowest BCUT2D eigenvalue weighted by molar-refractivity contribution is -0.155. The minimum absolute atomic E-state index is 0.0814. The molecule has 3 saturated heterocycles. The van der Waals surface area contributed by atoms with E-state index in [2.05, 4.69) is 29.1 Å². The van der Waals surface area contributed by atoms with Crippen LogP contribution in [0.5, 0.6) is 0 Å². The molecule has 2 bridgehead atoms. The number of carbonyl (C=O) groups excluding carboxylic acids is 3. The Bertz CT molecular complexity index is 804. The number of unbranched alkanes of at least 4 members (excludes halogenated alkanes) is 2. The summed E-state index contributed by atoms with van der Waals surface area (Å²) in [5.74, 6) is -2.39. The molecule has 3 aliphatic rings. The Morgan fingerprint density at radius 1 is 1.32 bits per heavy atom. The first-order valence-corrected chi connectivity index (χ1v) is 13.1. The van der Waals surface area contributed by atoms with E-state index in [4.69, 9.17) is 14.6 Å². The van der Waals surface area contributed by atoms with Crippen molar-refractivity contribution in [1.82, 2.24) is 9.80 Å². The van der Waals surface area contributed by atoms with Crippen LogP contribution in [0.2, 0.25) is 0 Å². The molecule has 8 nitrogen and oxygen atoms in total. The summed E-state index contributed by atoms with van der Waals surface area (Å²) in [5, 5.41) is 9.14. The summed E-state index contributed by atoms with van der Waals surface area (Å²) in [4.78, 5) is 44.0. The number of alkyl halides is 1. The molecule has 1 N–H and O–H groups in total. The zero-order chi connectivity index (χ0) is 25.0. The summed E-state index contributed by atoms with van der Waals surface area (Å²) in [5.41, 5.74) is -1.08. The maximum Gasteiger partial charge on any atom is 0.312 e. The monoisotopic (exact) mass is 540 g/mol. The molecule has 3 unspecified atom stereocenters. The van der Waals surface area contributed by atoms with Gasteiger partial charge in [-0.2, -0.15) is 0 Å². The number of carbonyl (C=O) groups is 3. The first-order chi connectivity index (χ1) is 16.2. The van der Waals surface area contributed by atoms with E-state index in [0.29, 0.717) is 38.8 Å². The summed E-state index contributed by atoms with van der Waals surface area (Å²) in [6.45, 7) is 12.3. The maximum atomic E-state index is 14.0. The first-order valence-electron chi connectivity index (χ1n) is 12.2. The lowest BCUT2D eigenvalue weighted by atomic mass is 9.70. The van der Waals surface area contributed by atoms with Crippen molar-refractivity contribution in [3.8, 4) is 0 Å². The van der Waals surface area contributed by atoms with Crippen molar-refractivity contribution in [1.29, 1.82) is 0 Å². The van der Waals surface area contributed by atoms with Crippen LogP contribution < -0.4 is 0 Å². The van der Waals surface area contributed by atoms with Crippen molar-refractivity contribution in [2.24, 2.45) is 11.8 Å². The van der Waals surface area contributed by atoms with Crippen LogP contribution in [0.4, 0.5) is 0 Å². The van der Waals surface area contributed by atoms with Crippen molar-refractivity contribution in [2.75, 3.05) is 26.3 Å². The molecule has 6 atom stereocenters. The van der Waals surface area contributed by atoms with E-state index < -0.39 is 35.6 Å². The number of hydrogen-bond acceptors (Lipinski definition) is 6. The van der Waals surface area contributed by atoms with Crippen LogP contribution >= 0.6 is 15.9 Å². The summed E-state index contributed by atoms with van der Waals surface area (Å²) in [6, 6.07) is -0.914. The van der Waals surface area contributed by atoms with E-state index >= 15 is 0 Å². The highest BCUT2D eigenvalue weighted by atomic mass is 79.9. The van der Waals surface area contributed by atoms with E-state index in [1.165, 1.54) is 0 Å². The van der Waals surface area contributed by atoms with Crippen molar-refractivity contribution >= 4 is 33.7 Å². The summed E-state index contributed by atoms with van der Waals surface area (Å²) in [7, 11) is 0. The molecule has 1 spiro atoms. The third-order valence-corrected chi connectivity index (χ3v) is 8.00. The van der Waals surface area contributed by atoms with Gasteiger partial charge in [0, 0.05) is 30.6 Å². The molecular formula is C25H37BrN2O6. The Labute approximate surface area is 210 Å². The van der Waals surface area contributed by atoms with Gasteiger partial charge in [-0.05, 0) is 46.0 Å². The number of amides is 2. The van der Waals surface area contributed by atoms with Crippen LogP contribution in [-0.4, -0.2) is 87.6 Å². The molecule has 0 aromatic heterocycles. The number of hydrogen-bond donors (Lipinski definition) is 1. The Hall–Kier alpha value is -1.71. The number of nitrogens with zero attached hydrogens (tertiary/aromatic N) is 2. The lowest BCUT2D eigenvalue weighted by Crippen LogP contribution is -2.58. The fraction of sp³-hybridized carbons (Fsp3) is 0.720. The third kappa shape index (κ3) is 4.71. The third-order valence-electron chi connectivity index (χ3n) is 7.15. The molecule has 0 aromatic carbocycles. The molecule has 3 rings (SSSR count). The highest BCUT2D eigenvalue weighted by molar-refractivity contribution is 9.09. The topological polar surface area (TPSA) is 96.4 Å². The normalized spacial score (nSPS) is 31.6. The van der Waals surface area contributed by atoms with Crippen LogP contribution in [0.15, 0.2) is 25.3 Å². The number of fused-ring (bicyclic) bond motifs is 1. The largest absolute Gasteiger partial charge is 0.465 e. The Morgan fingerprint density at radius 3 is 2.68 bits per heavy atom. The number of halogens is 1. The predicted molar refractivity (Wildman–Crippen MR) is 131 cm³/mol. The Morgan fingerprint density at radius 2 is 2.06 bits per heavy atom. The van der Waals surface area contributed by atoms with E-state index in [-0.39, 0.29) is 35.9 Å². The Kier molecular flexibility index (Phi) is 8.98. The van der Waals surface area contributed by atoms with Gasteiger partial charge in [-0.3, -0.25) is 14.4 Å². The molecule has 0 aliphatic carbocycles. The second kappa shape index (κ2) is 11.4. The number of esters is 1. The van der Waals surface area contributed by atoms with Crippen molar-refractivity contribution in [2.45, 2.75) is 74.6 Å². The minimum atomic E-state index is -1.08. The van der Waals surface area contributed by atoms with Crippen molar-refractivity contribution in [3.63, 3.8) is 0 Å². The van der Waals surface area contributed by atoms with E-state index in [0.717, 1.165) is 6.42 Å². The molecule has 0 aromatic rings. The molecule has 9 heteroatoms. The summed E-state index contributed by atoms with van der Waals surface area (Å²) in [6.07, 6.45) is 5.82. The number of rotatable bonds is 13. The highest BCUT2D eigenvalue weighted by Gasteiger charge is 2.77. The molecule has 3 fully saturated rings. The molecule has 190 valence electrons. The molecular weight excluding hydrogens is 504 g/mol. The molecule has 0 radical (unpaired) electrons. The second-order valence-electron chi connectivity index (χ2n) is 9.60. The number of aliphatic hydroxyl groups is 1. The number of ether oxygens (including phenoxy) is 2. The van der Waals surface area contributed by atoms with Gasteiger partial charge in [0.2, 0.25) is 11.8 Å². The predicted octanol–water partition coefficient (Wildman–Crippen LogP) is 2.44. The van der Waals surface area contributed by atoms with Crippen LogP contribution in [-0.2, 0) is 23.9 Å². The van der Waals surface area contributed by atoms with Gasteiger partial charge in [-0.15, -0.1) is 13.2 Å². The summed E-state index contributed by atoms with van der Waals surface area (Å²) >= 11 is 3.66. The average molecular weight is 541 g/mol. The molecule has 3 heterocycles. The van der Waals surface area contributed by atoms with Gasteiger partial charge in [-0.25, -0.2) is 0 Å². The van der Waals surface area contributed by atoms with Gasteiger partial charge in [-0.1, -0.05) is 28.1 Å². The molecule has 3 aliphatic heterocycles. The zero-order valence-corrected chi connectivity index (χ0v) is 21.7. The first kappa shape index (κ1) is 26.9. The van der Waals surface area contributed by atoms with Gasteiger partial charge in [0.05, 0.1) is 24.5 Å². The number of aliphatic hydroxyl groups excluding tert-OH is 1. The zero-order valence-electron chi connectivity index (χ0n) is 20.2. The molecule has 0 saturated carbocycles. The quantitative estimate of drug-likeness (QED) is 0.167. The van der Waals surface area contributed by atoms with Gasteiger partial charge >= 0.3 is 5.97 Å². The van der Waals surface area contributed by atoms with Crippen LogP contribution in [0.1, 0.15) is 46.0 Å². The standard InChI is InChI=1S/C25H37BrN2O6/c1-5-7-14-33-24(32)18-19-22(30)28(12-9-8-10-13-29)21(23(31)27(11-6-2)16(3)4)25(19)15-17(26)20(18)34-25/h5-6,16-21,29H,1-2,7-15H2,3-4H3/t17?,18-,19-,20-,21?,25?/m0/s1. The fourth-order valence-electron chi connectivity index (χ4n) is 5.68. The molecule has 2 amide bonds. The van der Waals surface area contributed by atoms with Crippen LogP contribution in [0.25, 0.3) is 0 Å². The van der Waals surface area contributed by atoms with Crippen molar-refractivity contribution < 1.29 is 29.0 Å². The second-order valence-corrected chi connectivity index (χ2v) is 10.8. The fourth-order valence-corrected chi connectivity index (χ4v) is 6.62. The van der Waals surface area contributed by atoms with E-state index in [1.807, 2.05) is 13.8 Å². The minimum Gasteiger partial charge on any atom is -0.465 e. The lowest BCUT2D eigenvalue weighted by Gasteiger charge is -2.38. The van der Waals surface area contributed by atoms with Crippen LogP contribution in [0, 0.1) is 11.8 Å². The van der Waals surface area contributed by atoms with E-state index in [9.17, 15) is 14.4 Å². The van der Waals surface area contributed by atoms with Gasteiger partial charge < -0.3 is 24.4 Å². The highest BCUT2D eigenvalue weighted by Crippen LogP contribution is 2.60. The molecule has 34 heavy (non-hydrogen) atoms. The summed E-state index contributed by atoms with van der Waals surface area (Å²) < 4.78 is 11.9. The van der Waals surface area contributed by atoms with Gasteiger partial charge in [0.25, 0.3) is 0 Å². The number of likely N-dealkylation sites (tertiary alicyclic amines) is 1. The Balaban J connectivity index is 1.97. The maximum absolute atomic E-state index is 14.0.